The SMILES string of the molecule is Cc1ccc(C(=O)NCCc2c[nH]c3ccc(F)cc23)cc1. The molecule has 1 heterocycles. The van der Waals surface area contributed by atoms with E-state index < -0.39 is 0 Å². The molecule has 0 unspecified atom stereocenters. The average Bonchev–Trinajstić information content (AvgIpc) is 2.90. The second kappa shape index (κ2) is 6.02. The molecule has 2 aromatic carbocycles. The molecule has 22 heavy (non-hydrogen) atoms. The van der Waals surface area contributed by atoms with Crippen LogP contribution < -0.4 is 5.32 Å². The van der Waals surface area contributed by atoms with Gasteiger partial charge in [-0.3, -0.25) is 4.79 Å². The highest BCUT2D eigenvalue weighted by Crippen LogP contribution is 2.19. The van der Waals surface area contributed by atoms with Crippen molar-refractivity contribution in [1.29, 1.82) is 0 Å². The van der Waals surface area contributed by atoms with Gasteiger partial charge in [0.1, 0.15) is 5.82 Å². The minimum Gasteiger partial charge on any atom is -0.361 e. The number of hydrogen-bond donors (Lipinski definition) is 2. The third-order valence-electron chi connectivity index (χ3n) is 3.72. The van der Waals surface area contributed by atoms with Gasteiger partial charge in [-0.2, -0.15) is 0 Å². The number of carbonyl (C=O) groups is 1. The molecule has 3 nitrogen and oxygen atoms in total. The van der Waals surface area contributed by atoms with Gasteiger partial charge in [0, 0.05) is 29.2 Å². The summed E-state index contributed by atoms with van der Waals surface area (Å²) in [5, 5.41) is 3.75. The highest BCUT2D eigenvalue weighted by molar-refractivity contribution is 5.94. The Morgan fingerprint density at radius 1 is 1.18 bits per heavy atom. The second-order valence-electron chi connectivity index (χ2n) is 5.38. The minimum absolute atomic E-state index is 0.0916. The molecule has 1 amide bonds. The second-order valence-corrected chi connectivity index (χ2v) is 5.38. The van der Waals surface area contributed by atoms with Crippen molar-refractivity contribution in [2.75, 3.05) is 6.54 Å². The maximum atomic E-state index is 13.3. The first-order valence-electron chi connectivity index (χ1n) is 7.24. The number of halogens is 1. The number of benzene rings is 2. The first-order chi connectivity index (χ1) is 10.6. The van der Waals surface area contributed by atoms with Crippen LogP contribution in [0.15, 0.2) is 48.7 Å². The first kappa shape index (κ1) is 14.3. The van der Waals surface area contributed by atoms with Gasteiger partial charge in [-0.15, -0.1) is 0 Å². The molecule has 0 radical (unpaired) electrons. The summed E-state index contributed by atoms with van der Waals surface area (Å²) in [5.41, 5.74) is 3.67. The van der Waals surface area contributed by atoms with E-state index in [0.717, 1.165) is 22.0 Å². The number of aromatic amines is 1. The zero-order chi connectivity index (χ0) is 15.5. The number of aromatic nitrogens is 1. The van der Waals surface area contributed by atoms with Crippen LogP contribution in [0.25, 0.3) is 10.9 Å². The molecule has 0 saturated heterocycles. The summed E-state index contributed by atoms with van der Waals surface area (Å²) in [6.07, 6.45) is 2.52. The van der Waals surface area contributed by atoms with Crippen LogP contribution in [0.1, 0.15) is 21.5 Å². The number of H-pyrrole nitrogens is 1. The fourth-order valence-corrected chi connectivity index (χ4v) is 2.48. The van der Waals surface area contributed by atoms with E-state index in [4.69, 9.17) is 0 Å². The molecule has 1 aromatic heterocycles. The molecule has 0 fully saturated rings. The summed E-state index contributed by atoms with van der Waals surface area (Å²) in [7, 11) is 0. The minimum atomic E-state index is -0.253. The summed E-state index contributed by atoms with van der Waals surface area (Å²) >= 11 is 0. The van der Waals surface area contributed by atoms with Crippen molar-refractivity contribution in [2.45, 2.75) is 13.3 Å². The lowest BCUT2D eigenvalue weighted by molar-refractivity contribution is 0.0954. The van der Waals surface area contributed by atoms with Gasteiger partial charge < -0.3 is 10.3 Å². The first-order valence-corrected chi connectivity index (χ1v) is 7.24. The summed E-state index contributed by atoms with van der Waals surface area (Å²) in [6.45, 7) is 2.49. The number of hydrogen-bond acceptors (Lipinski definition) is 1. The molecular weight excluding hydrogens is 279 g/mol. The van der Waals surface area contributed by atoms with Crippen LogP contribution in [0, 0.1) is 12.7 Å². The Bertz CT molecular complexity index is 806. The Morgan fingerprint density at radius 3 is 2.73 bits per heavy atom. The zero-order valence-electron chi connectivity index (χ0n) is 12.3. The average molecular weight is 296 g/mol. The van der Waals surface area contributed by atoms with Gasteiger partial charge in [0.25, 0.3) is 5.91 Å². The van der Waals surface area contributed by atoms with E-state index in [1.165, 1.54) is 12.1 Å². The Balaban J connectivity index is 1.63. The van der Waals surface area contributed by atoms with Crippen LogP contribution in [-0.2, 0) is 6.42 Å². The van der Waals surface area contributed by atoms with E-state index in [2.05, 4.69) is 10.3 Å². The molecule has 4 heteroatoms. The monoisotopic (exact) mass is 296 g/mol. The fraction of sp³-hybridized carbons (Fsp3) is 0.167. The molecule has 0 spiro atoms. The number of amides is 1. The topological polar surface area (TPSA) is 44.9 Å². The van der Waals surface area contributed by atoms with E-state index in [9.17, 15) is 9.18 Å². The summed E-state index contributed by atoms with van der Waals surface area (Å²) < 4.78 is 13.3. The third kappa shape index (κ3) is 3.01. The molecule has 0 aliphatic carbocycles. The molecule has 0 aliphatic heterocycles. The van der Waals surface area contributed by atoms with E-state index in [0.29, 0.717) is 18.5 Å². The lowest BCUT2D eigenvalue weighted by atomic mass is 10.1. The number of rotatable bonds is 4. The molecular formula is C18H17FN2O. The van der Waals surface area contributed by atoms with Crippen molar-refractivity contribution in [3.8, 4) is 0 Å². The van der Waals surface area contributed by atoms with Gasteiger partial charge in [0.05, 0.1) is 0 Å². The van der Waals surface area contributed by atoms with Gasteiger partial charge in [0.15, 0.2) is 0 Å². The smallest absolute Gasteiger partial charge is 0.251 e. The van der Waals surface area contributed by atoms with Crippen molar-refractivity contribution in [3.63, 3.8) is 0 Å². The number of carbonyl (C=O) groups excluding carboxylic acids is 1. The van der Waals surface area contributed by atoms with Crippen LogP contribution in [-0.4, -0.2) is 17.4 Å². The quantitative estimate of drug-likeness (QED) is 0.759. The summed E-state index contributed by atoms with van der Waals surface area (Å²) in [4.78, 5) is 15.1. The predicted molar refractivity (Wildman–Crippen MR) is 85.5 cm³/mol. The van der Waals surface area contributed by atoms with Crippen molar-refractivity contribution >= 4 is 16.8 Å². The van der Waals surface area contributed by atoms with Crippen molar-refractivity contribution < 1.29 is 9.18 Å². The maximum absolute atomic E-state index is 13.3. The maximum Gasteiger partial charge on any atom is 0.251 e. The molecule has 0 atom stereocenters. The highest BCUT2D eigenvalue weighted by atomic mass is 19.1. The molecule has 2 N–H and O–H groups in total. The van der Waals surface area contributed by atoms with E-state index in [-0.39, 0.29) is 11.7 Å². The van der Waals surface area contributed by atoms with E-state index in [1.54, 1.807) is 6.07 Å². The molecule has 0 bridgehead atoms. The van der Waals surface area contributed by atoms with Crippen LogP contribution in [0.4, 0.5) is 4.39 Å². The number of nitrogens with one attached hydrogen (secondary N) is 2. The Hall–Kier alpha value is -2.62. The molecule has 112 valence electrons. The predicted octanol–water partition coefficient (Wildman–Crippen LogP) is 3.59. The molecule has 3 aromatic rings. The Labute approximate surface area is 128 Å². The third-order valence-corrected chi connectivity index (χ3v) is 3.72. The summed E-state index contributed by atoms with van der Waals surface area (Å²) in [6, 6.07) is 12.1. The van der Waals surface area contributed by atoms with Crippen LogP contribution in [0.2, 0.25) is 0 Å². The van der Waals surface area contributed by atoms with Gasteiger partial charge in [-0.1, -0.05) is 17.7 Å². The van der Waals surface area contributed by atoms with Crippen LogP contribution in [0.5, 0.6) is 0 Å². The van der Waals surface area contributed by atoms with Gasteiger partial charge in [-0.05, 0) is 49.2 Å². The van der Waals surface area contributed by atoms with Gasteiger partial charge >= 0.3 is 0 Å². The van der Waals surface area contributed by atoms with Gasteiger partial charge in [0.2, 0.25) is 0 Å². The van der Waals surface area contributed by atoms with Crippen molar-refractivity contribution in [1.82, 2.24) is 10.3 Å². The highest BCUT2D eigenvalue weighted by Gasteiger charge is 2.07. The fourth-order valence-electron chi connectivity index (χ4n) is 2.48. The standard InChI is InChI=1S/C18H17FN2O/c1-12-2-4-13(5-3-12)18(22)20-9-8-14-11-21-17-7-6-15(19)10-16(14)17/h2-7,10-11,21H,8-9H2,1H3,(H,20,22). The summed E-state index contributed by atoms with van der Waals surface area (Å²) in [5.74, 6) is -0.344. The van der Waals surface area contributed by atoms with Crippen LogP contribution >= 0.6 is 0 Å². The lowest BCUT2D eigenvalue weighted by Gasteiger charge is -2.05. The van der Waals surface area contributed by atoms with E-state index >= 15 is 0 Å². The van der Waals surface area contributed by atoms with E-state index in [1.807, 2.05) is 37.4 Å². The molecule has 3 rings (SSSR count). The normalized spacial score (nSPS) is 10.8. The molecule has 0 aliphatic rings. The van der Waals surface area contributed by atoms with Crippen molar-refractivity contribution in [2.24, 2.45) is 0 Å². The van der Waals surface area contributed by atoms with Crippen molar-refractivity contribution in [3.05, 3.63) is 71.2 Å². The zero-order valence-corrected chi connectivity index (χ0v) is 12.3. The Kier molecular flexibility index (Phi) is 3.92. The largest absolute Gasteiger partial charge is 0.361 e. The van der Waals surface area contributed by atoms with Gasteiger partial charge in [-0.25, -0.2) is 4.39 Å². The number of fused-ring (bicyclic) bond motifs is 1. The molecule has 0 saturated carbocycles. The Morgan fingerprint density at radius 2 is 1.95 bits per heavy atom. The van der Waals surface area contributed by atoms with Crippen LogP contribution in [0.3, 0.4) is 0 Å². The number of aryl methyl sites for hydroxylation is 1. The lowest BCUT2D eigenvalue weighted by Crippen LogP contribution is -2.25.